The number of alkyl halides is 2. The molecule has 1 rings (SSSR count). The van der Waals surface area contributed by atoms with Crippen LogP contribution in [0.5, 0.6) is 0 Å². The number of rotatable bonds is 4. The average molecular weight is 282 g/mol. The average Bonchev–Trinajstić information content (AvgIpc) is 2.19. The van der Waals surface area contributed by atoms with Gasteiger partial charge in [-0.1, -0.05) is 19.1 Å². The van der Waals surface area contributed by atoms with Gasteiger partial charge < -0.3 is 5.32 Å². The zero-order valence-electron chi connectivity index (χ0n) is 8.11. The van der Waals surface area contributed by atoms with E-state index >= 15 is 0 Å². The van der Waals surface area contributed by atoms with E-state index in [1.807, 2.05) is 0 Å². The van der Waals surface area contributed by atoms with Crippen LogP contribution >= 0.6 is 15.9 Å². The molecule has 0 saturated carbocycles. The third-order valence-corrected chi connectivity index (χ3v) is 2.60. The fourth-order valence-electron chi connectivity index (χ4n) is 1.32. The van der Waals surface area contributed by atoms with Gasteiger partial charge in [0.1, 0.15) is 5.82 Å². The lowest BCUT2D eigenvalue weighted by Gasteiger charge is -2.18. The van der Waals surface area contributed by atoms with Crippen molar-refractivity contribution in [3.8, 4) is 0 Å². The molecule has 0 aromatic heterocycles. The molecule has 0 radical (unpaired) electrons. The van der Waals surface area contributed by atoms with E-state index < -0.39 is 18.3 Å². The Morgan fingerprint density at radius 3 is 2.60 bits per heavy atom. The Morgan fingerprint density at radius 1 is 1.40 bits per heavy atom. The first-order valence-electron chi connectivity index (χ1n) is 4.53. The molecule has 1 unspecified atom stereocenters. The molecule has 1 nitrogen and oxygen atoms in total. The summed E-state index contributed by atoms with van der Waals surface area (Å²) < 4.78 is 39.0. The summed E-state index contributed by atoms with van der Waals surface area (Å²) in [6.45, 7) is 2.06. The Hall–Kier alpha value is -0.550. The van der Waals surface area contributed by atoms with Crippen molar-refractivity contribution in [3.05, 3.63) is 34.1 Å². The summed E-state index contributed by atoms with van der Waals surface area (Å²) in [4.78, 5) is 0. The third kappa shape index (κ3) is 2.95. The van der Waals surface area contributed by atoms with E-state index in [1.165, 1.54) is 18.2 Å². The van der Waals surface area contributed by atoms with Gasteiger partial charge in [0.2, 0.25) is 0 Å². The van der Waals surface area contributed by atoms with Crippen molar-refractivity contribution >= 4 is 15.9 Å². The molecule has 0 aliphatic rings. The van der Waals surface area contributed by atoms with E-state index in [9.17, 15) is 13.2 Å². The zero-order chi connectivity index (χ0) is 11.4. The summed E-state index contributed by atoms with van der Waals surface area (Å²) in [6.07, 6.45) is -2.63. The van der Waals surface area contributed by atoms with Gasteiger partial charge in [0.15, 0.2) is 0 Å². The summed E-state index contributed by atoms with van der Waals surface area (Å²) in [6, 6.07) is 3.12. The van der Waals surface area contributed by atoms with Gasteiger partial charge in [-0.15, -0.1) is 0 Å². The van der Waals surface area contributed by atoms with Gasteiger partial charge in [-0.25, -0.2) is 13.2 Å². The molecule has 1 aromatic rings. The number of halogens is 4. The Labute approximate surface area is 94.8 Å². The van der Waals surface area contributed by atoms with E-state index in [4.69, 9.17) is 0 Å². The van der Waals surface area contributed by atoms with Crippen LogP contribution < -0.4 is 5.32 Å². The van der Waals surface area contributed by atoms with Crippen molar-refractivity contribution < 1.29 is 13.2 Å². The quantitative estimate of drug-likeness (QED) is 0.891. The van der Waals surface area contributed by atoms with E-state index in [1.54, 1.807) is 6.92 Å². The zero-order valence-corrected chi connectivity index (χ0v) is 9.69. The van der Waals surface area contributed by atoms with Crippen LogP contribution in [-0.4, -0.2) is 13.0 Å². The molecule has 0 amide bonds. The molecule has 0 aliphatic carbocycles. The van der Waals surface area contributed by atoms with E-state index in [0.717, 1.165) is 0 Å². The second-order valence-corrected chi connectivity index (χ2v) is 3.87. The number of benzene rings is 1. The smallest absolute Gasteiger partial charge is 0.257 e. The van der Waals surface area contributed by atoms with E-state index in [-0.39, 0.29) is 10.0 Å². The molecular formula is C10H11BrF3N. The van der Waals surface area contributed by atoms with Crippen LogP contribution in [0.25, 0.3) is 0 Å². The normalized spacial score (nSPS) is 13.2. The molecule has 0 aliphatic heterocycles. The van der Waals surface area contributed by atoms with Crippen LogP contribution in [0.1, 0.15) is 18.5 Å². The Morgan fingerprint density at radius 2 is 2.07 bits per heavy atom. The standard InChI is InChI=1S/C10H11BrF3N/c1-2-15-9(10(13)14)6-4-3-5-7(11)8(6)12/h3-5,9-10,15H,2H2,1H3. The second kappa shape index (κ2) is 5.51. The minimum atomic E-state index is -2.63. The minimum absolute atomic E-state index is 0.0128. The van der Waals surface area contributed by atoms with Crippen molar-refractivity contribution in [2.24, 2.45) is 0 Å². The number of hydrogen-bond acceptors (Lipinski definition) is 1. The summed E-state index contributed by atoms with van der Waals surface area (Å²) in [7, 11) is 0. The van der Waals surface area contributed by atoms with Crippen LogP contribution in [0.3, 0.4) is 0 Å². The Kier molecular flexibility index (Phi) is 4.60. The van der Waals surface area contributed by atoms with Gasteiger partial charge in [-0.2, -0.15) is 0 Å². The highest BCUT2D eigenvalue weighted by atomic mass is 79.9. The molecule has 0 spiro atoms. The highest BCUT2D eigenvalue weighted by molar-refractivity contribution is 9.10. The Balaban J connectivity index is 3.05. The first-order valence-corrected chi connectivity index (χ1v) is 5.32. The second-order valence-electron chi connectivity index (χ2n) is 3.01. The van der Waals surface area contributed by atoms with Crippen LogP contribution in [0.2, 0.25) is 0 Å². The first kappa shape index (κ1) is 12.5. The van der Waals surface area contributed by atoms with Crippen molar-refractivity contribution in [1.29, 1.82) is 0 Å². The molecule has 1 atom stereocenters. The molecule has 0 saturated heterocycles. The fourth-order valence-corrected chi connectivity index (χ4v) is 1.70. The highest BCUT2D eigenvalue weighted by Crippen LogP contribution is 2.27. The maximum atomic E-state index is 13.5. The Bertz CT molecular complexity index is 330. The predicted octanol–water partition coefficient (Wildman–Crippen LogP) is 3.50. The molecule has 1 aromatic carbocycles. The third-order valence-electron chi connectivity index (χ3n) is 1.99. The molecule has 5 heteroatoms. The van der Waals surface area contributed by atoms with Gasteiger partial charge in [0, 0.05) is 5.56 Å². The number of hydrogen-bond donors (Lipinski definition) is 1. The lowest BCUT2D eigenvalue weighted by molar-refractivity contribution is 0.0975. The van der Waals surface area contributed by atoms with Gasteiger partial charge in [0.25, 0.3) is 6.43 Å². The highest BCUT2D eigenvalue weighted by Gasteiger charge is 2.24. The molecule has 0 bridgehead atoms. The molecule has 0 heterocycles. The predicted molar refractivity (Wildman–Crippen MR) is 56.5 cm³/mol. The monoisotopic (exact) mass is 281 g/mol. The topological polar surface area (TPSA) is 12.0 Å². The molecule has 0 fully saturated rings. The van der Waals surface area contributed by atoms with Crippen LogP contribution in [-0.2, 0) is 0 Å². The lowest BCUT2D eigenvalue weighted by Crippen LogP contribution is -2.28. The van der Waals surface area contributed by atoms with Gasteiger partial charge in [-0.05, 0) is 28.5 Å². The van der Waals surface area contributed by atoms with Crippen LogP contribution in [0.4, 0.5) is 13.2 Å². The minimum Gasteiger partial charge on any atom is -0.305 e. The van der Waals surface area contributed by atoms with Gasteiger partial charge in [-0.3, -0.25) is 0 Å². The van der Waals surface area contributed by atoms with Crippen molar-refractivity contribution in [2.45, 2.75) is 19.4 Å². The summed E-state index contributed by atoms with van der Waals surface area (Å²) in [5.74, 6) is -0.635. The summed E-state index contributed by atoms with van der Waals surface area (Å²) in [5, 5.41) is 2.56. The molecule has 1 N–H and O–H groups in total. The fraction of sp³-hybridized carbons (Fsp3) is 0.400. The van der Waals surface area contributed by atoms with Gasteiger partial charge >= 0.3 is 0 Å². The summed E-state index contributed by atoms with van der Waals surface area (Å²) >= 11 is 2.97. The SMILES string of the molecule is CCNC(c1cccc(Br)c1F)C(F)F. The van der Waals surface area contributed by atoms with Gasteiger partial charge in [0.05, 0.1) is 10.5 Å². The van der Waals surface area contributed by atoms with Crippen molar-refractivity contribution in [3.63, 3.8) is 0 Å². The van der Waals surface area contributed by atoms with E-state index in [0.29, 0.717) is 6.54 Å². The first-order chi connectivity index (χ1) is 7.07. The van der Waals surface area contributed by atoms with Crippen molar-refractivity contribution in [1.82, 2.24) is 5.32 Å². The maximum Gasteiger partial charge on any atom is 0.257 e. The molecule has 84 valence electrons. The lowest BCUT2D eigenvalue weighted by atomic mass is 10.1. The van der Waals surface area contributed by atoms with Crippen molar-refractivity contribution in [2.75, 3.05) is 6.54 Å². The molecule has 15 heavy (non-hydrogen) atoms. The molecular weight excluding hydrogens is 271 g/mol. The largest absolute Gasteiger partial charge is 0.305 e. The van der Waals surface area contributed by atoms with Crippen LogP contribution in [0, 0.1) is 5.82 Å². The summed E-state index contributed by atoms with van der Waals surface area (Å²) in [5.41, 5.74) is -0.0128. The van der Waals surface area contributed by atoms with E-state index in [2.05, 4.69) is 21.2 Å². The number of nitrogens with one attached hydrogen (secondary N) is 1. The maximum absolute atomic E-state index is 13.5. The van der Waals surface area contributed by atoms with Crippen LogP contribution in [0.15, 0.2) is 22.7 Å².